The van der Waals surface area contributed by atoms with Crippen LogP contribution in [0.25, 0.3) is 0 Å². The second-order valence-electron chi connectivity index (χ2n) is 6.51. The molecule has 0 saturated heterocycles. The maximum Gasteiger partial charge on any atom is 0.421 e. The van der Waals surface area contributed by atoms with E-state index in [1.165, 1.54) is 12.3 Å². The number of alkyl halides is 3. The van der Waals surface area contributed by atoms with Crippen LogP contribution in [0.4, 0.5) is 13.2 Å². The van der Waals surface area contributed by atoms with Crippen molar-refractivity contribution in [2.75, 3.05) is 26.2 Å². The summed E-state index contributed by atoms with van der Waals surface area (Å²) in [5, 5.41) is 16.5. The first-order valence-electron chi connectivity index (χ1n) is 9.10. The van der Waals surface area contributed by atoms with Crippen LogP contribution >= 0.6 is 24.0 Å². The molecule has 7 nitrogen and oxygen atoms in total. The van der Waals surface area contributed by atoms with E-state index in [1.807, 2.05) is 6.92 Å². The third kappa shape index (κ3) is 7.67. The molecule has 2 rings (SSSR count). The van der Waals surface area contributed by atoms with Gasteiger partial charge in [0, 0.05) is 12.7 Å². The summed E-state index contributed by atoms with van der Waals surface area (Å²) in [6.07, 6.45) is -3.30. The number of hydrogen-bond donors (Lipinski definition) is 3. The lowest BCUT2D eigenvalue weighted by Crippen LogP contribution is -2.40. The molecule has 2 heterocycles. The highest BCUT2D eigenvalue weighted by Gasteiger charge is 2.35. The summed E-state index contributed by atoms with van der Waals surface area (Å²) in [6, 6.07) is 5.56. The van der Waals surface area contributed by atoms with Crippen molar-refractivity contribution >= 4 is 29.9 Å². The number of rotatable bonds is 8. The van der Waals surface area contributed by atoms with Crippen molar-refractivity contribution in [3.63, 3.8) is 0 Å². The third-order valence-corrected chi connectivity index (χ3v) is 3.87. The van der Waals surface area contributed by atoms with Crippen LogP contribution in [0.5, 0.6) is 5.88 Å². The topological polar surface area (TPSA) is 91.9 Å². The quantitative estimate of drug-likeness (QED) is 0.205. The lowest BCUT2D eigenvalue weighted by Gasteiger charge is -2.20. The lowest BCUT2D eigenvalue weighted by molar-refractivity contribution is -0.139. The van der Waals surface area contributed by atoms with Crippen LogP contribution in [-0.4, -0.2) is 42.3 Å². The molecule has 3 N–H and O–H groups in total. The Bertz CT molecular complexity index is 825. The molecular weight excluding hydrogens is 516 g/mol. The molecule has 1 unspecified atom stereocenters. The van der Waals surface area contributed by atoms with Gasteiger partial charge in [0.2, 0.25) is 5.88 Å². The van der Waals surface area contributed by atoms with Crippen LogP contribution in [0.3, 0.4) is 0 Å². The highest BCUT2D eigenvalue weighted by molar-refractivity contribution is 14.0. The molecule has 0 aromatic carbocycles. The molecule has 2 aromatic rings. The van der Waals surface area contributed by atoms with Crippen molar-refractivity contribution < 1.29 is 27.4 Å². The van der Waals surface area contributed by atoms with E-state index in [0.29, 0.717) is 24.0 Å². The van der Waals surface area contributed by atoms with Gasteiger partial charge >= 0.3 is 6.18 Å². The molecule has 11 heteroatoms. The average Bonchev–Trinajstić information content (AvgIpc) is 3.10. The molecule has 0 aliphatic heterocycles. The summed E-state index contributed by atoms with van der Waals surface area (Å²) < 4.78 is 49.4. The molecular formula is C19H26F3IN4O3. The standard InChI is InChI=1S/C19H25F3N4O3.HI/c1-4-23-17(26-12-18(3,27)15-8-7-13(2)29-15)25-10-11-28-16-14(19(20,21)22)6-5-9-24-16;/h5-9,27H,4,10-12H2,1-3H3,(H2,23,25,26);1H. The Balaban J connectivity index is 0.00000450. The number of ether oxygens (including phenoxy) is 1. The van der Waals surface area contributed by atoms with Crippen LogP contribution in [0.1, 0.15) is 30.9 Å². The van der Waals surface area contributed by atoms with Crippen molar-refractivity contribution in [2.24, 2.45) is 4.99 Å². The lowest BCUT2D eigenvalue weighted by atomic mass is 10.0. The van der Waals surface area contributed by atoms with E-state index in [2.05, 4.69) is 20.6 Å². The Labute approximate surface area is 190 Å². The molecule has 2 aromatic heterocycles. The maximum absolute atomic E-state index is 12.9. The van der Waals surface area contributed by atoms with Crippen LogP contribution in [0.2, 0.25) is 0 Å². The van der Waals surface area contributed by atoms with Gasteiger partial charge in [-0.2, -0.15) is 13.2 Å². The zero-order valence-corrected chi connectivity index (χ0v) is 19.2. The number of halogens is 4. The van der Waals surface area contributed by atoms with Crippen molar-refractivity contribution in [1.29, 1.82) is 0 Å². The molecule has 0 aliphatic carbocycles. The Kier molecular flexibility index (Phi) is 9.88. The van der Waals surface area contributed by atoms with Crippen LogP contribution in [0.15, 0.2) is 39.9 Å². The number of pyridine rings is 1. The fraction of sp³-hybridized carbons (Fsp3) is 0.474. The number of guanidine groups is 1. The number of hydrogen-bond acceptors (Lipinski definition) is 5. The van der Waals surface area contributed by atoms with Gasteiger partial charge in [-0.05, 0) is 45.0 Å². The van der Waals surface area contributed by atoms with Crippen molar-refractivity contribution in [3.8, 4) is 5.88 Å². The summed E-state index contributed by atoms with van der Waals surface area (Å²) in [6.45, 7) is 5.94. The number of aliphatic imine (C=N–C) groups is 1. The zero-order valence-electron chi connectivity index (χ0n) is 16.9. The van der Waals surface area contributed by atoms with Crippen LogP contribution in [-0.2, 0) is 11.8 Å². The van der Waals surface area contributed by atoms with E-state index in [9.17, 15) is 18.3 Å². The smallest absolute Gasteiger partial charge is 0.421 e. The SMILES string of the molecule is CCNC(=NCC(C)(O)c1ccc(C)o1)NCCOc1ncccc1C(F)(F)F.I. The summed E-state index contributed by atoms with van der Waals surface area (Å²) in [7, 11) is 0. The second kappa shape index (κ2) is 11.4. The Morgan fingerprint density at radius 2 is 2.00 bits per heavy atom. The van der Waals surface area contributed by atoms with Crippen LogP contribution in [0, 0.1) is 6.92 Å². The van der Waals surface area contributed by atoms with Gasteiger partial charge in [0.15, 0.2) is 5.96 Å². The summed E-state index contributed by atoms with van der Waals surface area (Å²) in [5.41, 5.74) is -2.23. The van der Waals surface area contributed by atoms with Crippen molar-refractivity contribution in [3.05, 3.63) is 47.5 Å². The first-order chi connectivity index (χ1) is 13.6. The number of nitrogens with one attached hydrogen (secondary N) is 2. The molecule has 0 saturated carbocycles. The largest absolute Gasteiger partial charge is 0.475 e. The fourth-order valence-corrected chi connectivity index (χ4v) is 2.42. The summed E-state index contributed by atoms with van der Waals surface area (Å²) in [5.74, 6) is 0.989. The second-order valence-corrected chi connectivity index (χ2v) is 6.51. The normalized spacial score (nSPS) is 13.9. The minimum Gasteiger partial charge on any atom is -0.475 e. The van der Waals surface area contributed by atoms with E-state index in [1.54, 1.807) is 26.0 Å². The van der Waals surface area contributed by atoms with Gasteiger partial charge in [0.1, 0.15) is 29.3 Å². The number of aliphatic hydroxyl groups is 1. The molecule has 0 radical (unpaired) electrons. The van der Waals surface area contributed by atoms with Crippen molar-refractivity contribution in [1.82, 2.24) is 15.6 Å². The first-order valence-corrected chi connectivity index (χ1v) is 9.10. The van der Waals surface area contributed by atoms with E-state index < -0.39 is 23.2 Å². The van der Waals surface area contributed by atoms with Gasteiger partial charge < -0.3 is 24.9 Å². The molecule has 0 amide bonds. The van der Waals surface area contributed by atoms with E-state index >= 15 is 0 Å². The molecule has 0 bridgehead atoms. The summed E-state index contributed by atoms with van der Waals surface area (Å²) in [4.78, 5) is 7.95. The maximum atomic E-state index is 12.9. The van der Waals surface area contributed by atoms with Crippen LogP contribution < -0.4 is 15.4 Å². The predicted octanol–water partition coefficient (Wildman–Crippen LogP) is 3.46. The molecule has 30 heavy (non-hydrogen) atoms. The van der Waals surface area contributed by atoms with E-state index in [0.717, 1.165) is 6.07 Å². The Morgan fingerprint density at radius 3 is 2.60 bits per heavy atom. The van der Waals surface area contributed by atoms with Gasteiger partial charge in [-0.15, -0.1) is 24.0 Å². The molecule has 0 fully saturated rings. The van der Waals surface area contributed by atoms with Gasteiger partial charge in [-0.1, -0.05) is 0 Å². The number of furan rings is 1. The Morgan fingerprint density at radius 1 is 1.27 bits per heavy atom. The summed E-state index contributed by atoms with van der Waals surface area (Å²) >= 11 is 0. The molecule has 0 spiro atoms. The minimum atomic E-state index is -4.54. The fourth-order valence-electron chi connectivity index (χ4n) is 2.42. The van der Waals surface area contributed by atoms with Gasteiger partial charge in [0.25, 0.3) is 0 Å². The predicted molar refractivity (Wildman–Crippen MR) is 117 cm³/mol. The Hall–Kier alpha value is -2.02. The zero-order chi connectivity index (χ0) is 21.5. The first kappa shape index (κ1) is 26.0. The molecule has 168 valence electrons. The van der Waals surface area contributed by atoms with Gasteiger partial charge in [0.05, 0.1) is 13.1 Å². The van der Waals surface area contributed by atoms with Gasteiger partial charge in [-0.3, -0.25) is 0 Å². The highest BCUT2D eigenvalue weighted by atomic mass is 127. The highest BCUT2D eigenvalue weighted by Crippen LogP contribution is 2.34. The van der Waals surface area contributed by atoms with E-state index in [4.69, 9.17) is 9.15 Å². The third-order valence-electron chi connectivity index (χ3n) is 3.87. The van der Waals surface area contributed by atoms with E-state index in [-0.39, 0.29) is 43.7 Å². The van der Waals surface area contributed by atoms with Crippen molar-refractivity contribution in [2.45, 2.75) is 32.5 Å². The number of aromatic nitrogens is 1. The minimum absolute atomic E-state index is 0. The average molecular weight is 542 g/mol. The molecule has 1 atom stereocenters. The monoisotopic (exact) mass is 542 g/mol. The number of nitrogens with zero attached hydrogens (tertiary/aromatic N) is 2. The number of aryl methyl sites for hydroxylation is 1. The molecule has 0 aliphatic rings. The van der Waals surface area contributed by atoms with Gasteiger partial charge in [-0.25, -0.2) is 9.98 Å².